The summed E-state index contributed by atoms with van der Waals surface area (Å²) in [5.74, 6) is 0.420. The number of pyridine rings is 1. The van der Waals surface area contributed by atoms with E-state index >= 15 is 0 Å². The number of aromatic nitrogens is 3. The summed E-state index contributed by atoms with van der Waals surface area (Å²) in [4.78, 5) is 21.4. The molecule has 0 saturated heterocycles. The van der Waals surface area contributed by atoms with E-state index in [4.69, 9.17) is 28.9 Å². The maximum absolute atomic E-state index is 12.9. The minimum absolute atomic E-state index is 0.299. The zero-order chi connectivity index (χ0) is 15.9. The van der Waals surface area contributed by atoms with Crippen LogP contribution < -0.4 is 11.3 Å². The van der Waals surface area contributed by atoms with Gasteiger partial charge < -0.3 is 5.73 Å². The number of benzene rings is 1. The molecule has 0 aliphatic rings. The van der Waals surface area contributed by atoms with Gasteiger partial charge in [-0.1, -0.05) is 29.3 Å². The van der Waals surface area contributed by atoms with Crippen LogP contribution in [0.4, 0.5) is 0 Å². The second kappa shape index (κ2) is 5.68. The lowest BCUT2D eigenvalue weighted by Crippen LogP contribution is -2.27. The highest BCUT2D eigenvalue weighted by atomic mass is 35.5. The lowest BCUT2D eigenvalue weighted by Gasteiger charge is -2.16. The Morgan fingerprint density at radius 1 is 1.27 bits per heavy atom. The van der Waals surface area contributed by atoms with Crippen molar-refractivity contribution in [1.82, 2.24) is 14.5 Å². The van der Waals surface area contributed by atoms with Crippen LogP contribution in [-0.2, 0) is 0 Å². The van der Waals surface area contributed by atoms with Crippen molar-refractivity contribution in [2.24, 2.45) is 5.73 Å². The lowest BCUT2D eigenvalue weighted by atomic mass is 10.2. The van der Waals surface area contributed by atoms with E-state index in [0.717, 1.165) is 0 Å². The van der Waals surface area contributed by atoms with Crippen LogP contribution in [-0.4, -0.2) is 14.5 Å². The Balaban J connectivity index is 2.46. The van der Waals surface area contributed by atoms with Gasteiger partial charge in [-0.3, -0.25) is 14.3 Å². The molecule has 1 unspecified atom stereocenters. The van der Waals surface area contributed by atoms with Crippen LogP contribution in [0.1, 0.15) is 18.8 Å². The van der Waals surface area contributed by atoms with Gasteiger partial charge in [-0.25, -0.2) is 4.98 Å². The van der Waals surface area contributed by atoms with E-state index in [1.165, 1.54) is 17.0 Å². The molecule has 0 radical (unpaired) electrons. The summed E-state index contributed by atoms with van der Waals surface area (Å²) in [5.41, 5.74) is 6.69. The van der Waals surface area contributed by atoms with E-state index in [1.54, 1.807) is 31.2 Å². The fourth-order valence-corrected chi connectivity index (χ4v) is 2.70. The number of fused-ring (bicyclic) bond motifs is 1. The van der Waals surface area contributed by atoms with Crippen molar-refractivity contribution < 1.29 is 0 Å². The van der Waals surface area contributed by atoms with Gasteiger partial charge in [0.25, 0.3) is 5.56 Å². The Labute approximate surface area is 136 Å². The first-order valence-corrected chi connectivity index (χ1v) is 7.32. The van der Waals surface area contributed by atoms with E-state index in [9.17, 15) is 4.79 Å². The highest BCUT2D eigenvalue weighted by molar-refractivity contribution is 6.35. The Kier molecular flexibility index (Phi) is 3.87. The van der Waals surface area contributed by atoms with Crippen LogP contribution in [0.25, 0.3) is 16.6 Å². The van der Waals surface area contributed by atoms with Gasteiger partial charge >= 0.3 is 0 Å². The smallest absolute Gasteiger partial charge is 0.267 e. The maximum Gasteiger partial charge on any atom is 0.267 e. The number of halogens is 2. The van der Waals surface area contributed by atoms with Crippen molar-refractivity contribution in [3.8, 4) is 5.69 Å². The molecule has 2 aromatic heterocycles. The average Bonchev–Trinajstić information content (AvgIpc) is 2.46. The van der Waals surface area contributed by atoms with Gasteiger partial charge in [0.05, 0.1) is 38.9 Å². The van der Waals surface area contributed by atoms with Gasteiger partial charge in [0.1, 0.15) is 5.82 Å². The fourth-order valence-electron chi connectivity index (χ4n) is 2.28. The Morgan fingerprint density at radius 3 is 2.73 bits per heavy atom. The Bertz CT molecular complexity index is 921. The number of hydrogen-bond acceptors (Lipinski definition) is 4. The van der Waals surface area contributed by atoms with Crippen molar-refractivity contribution in [1.29, 1.82) is 0 Å². The molecule has 7 heteroatoms. The van der Waals surface area contributed by atoms with Gasteiger partial charge in [0.2, 0.25) is 0 Å². The third kappa shape index (κ3) is 2.47. The van der Waals surface area contributed by atoms with Crippen LogP contribution in [0.3, 0.4) is 0 Å². The first-order chi connectivity index (χ1) is 10.5. The molecule has 1 atom stereocenters. The average molecular weight is 335 g/mol. The van der Waals surface area contributed by atoms with E-state index < -0.39 is 6.04 Å². The summed E-state index contributed by atoms with van der Waals surface area (Å²) in [6.45, 7) is 1.76. The molecule has 0 saturated carbocycles. The summed E-state index contributed by atoms with van der Waals surface area (Å²) < 4.78 is 1.40. The first-order valence-electron chi connectivity index (χ1n) is 6.56. The zero-order valence-electron chi connectivity index (χ0n) is 11.6. The summed E-state index contributed by atoms with van der Waals surface area (Å²) in [5, 5.41) is 1.10. The number of nitrogens with two attached hydrogens (primary N) is 1. The lowest BCUT2D eigenvalue weighted by molar-refractivity contribution is 0.695. The van der Waals surface area contributed by atoms with Crippen molar-refractivity contribution in [2.45, 2.75) is 13.0 Å². The predicted molar refractivity (Wildman–Crippen MR) is 87.8 cm³/mol. The minimum atomic E-state index is -0.449. The topological polar surface area (TPSA) is 73.8 Å². The molecule has 3 rings (SSSR count). The van der Waals surface area contributed by atoms with Crippen LogP contribution >= 0.6 is 23.2 Å². The quantitative estimate of drug-likeness (QED) is 0.781. The molecule has 0 aliphatic heterocycles. The molecule has 5 nitrogen and oxygen atoms in total. The highest BCUT2D eigenvalue weighted by Gasteiger charge is 2.17. The monoisotopic (exact) mass is 334 g/mol. The molecule has 2 N–H and O–H groups in total. The van der Waals surface area contributed by atoms with Gasteiger partial charge in [0.15, 0.2) is 0 Å². The highest BCUT2D eigenvalue weighted by Crippen LogP contribution is 2.22. The van der Waals surface area contributed by atoms with Gasteiger partial charge in [0, 0.05) is 6.20 Å². The van der Waals surface area contributed by atoms with Crippen molar-refractivity contribution in [3.63, 3.8) is 0 Å². The molecule has 112 valence electrons. The molecule has 0 fully saturated rings. The van der Waals surface area contributed by atoms with Gasteiger partial charge in [-0.15, -0.1) is 0 Å². The second-order valence-electron chi connectivity index (χ2n) is 4.89. The number of nitrogens with zero attached hydrogens (tertiary/aromatic N) is 3. The van der Waals surface area contributed by atoms with Crippen LogP contribution in [0, 0.1) is 0 Å². The molecule has 2 heterocycles. The largest absolute Gasteiger partial charge is 0.322 e. The van der Waals surface area contributed by atoms with Crippen molar-refractivity contribution in [3.05, 3.63) is 62.9 Å². The molecule has 22 heavy (non-hydrogen) atoms. The summed E-state index contributed by atoms with van der Waals surface area (Å²) in [7, 11) is 0. The van der Waals surface area contributed by atoms with Crippen molar-refractivity contribution in [2.75, 3.05) is 0 Å². The van der Waals surface area contributed by atoms with E-state index in [2.05, 4.69) is 9.97 Å². The predicted octanol–water partition coefficient (Wildman–Crippen LogP) is 3.11. The van der Waals surface area contributed by atoms with Gasteiger partial charge in [-0.05, 0) is 25.1 Å². The third-order valence-electron chi connectivity index (χ3n) is 3.23. The first kappa shape index (κ1) is 15.0. The molecule has 1 aromatic carbocycles. The third-order valence-corrected chi connectivity index (χ3v) is 3.75. The number of hydrogen-bond donors (Lipinski definition) is 1. The van der Waals surface area contributed by atoms with Crippen LogP contribution in [0.5, 0.6) is 0 Å². The Morgan fingerprint density at radius 2 is 2.05 bits per heavy atom. The van der Waals surface area contributed by atoms with Crippen molar-refractivity contribution >= 4 is 34.1 Å². The maximum atomic E-state index is 12.9. The molecule has 0 bridgehead atoms. The standard InChI is InChI=1S/C15H12Cl2N4O/c1-8(18)14-20-12-4-2-3-11(17)13(12)15(22)21(14)10-5-9(16)6-19-7-10/h2-8H,18H2,1H3. The summed E-state index contributed by atoms with van der Waals surface area (Å²) in [6, 6.07) is 6.31. The number of rotatable bonds is 2. The fraction of sp³-hybridized carbons (Fsp3) is 0.133. The SMILES string of the molecule is CC(N)c1nc2cccc(Cl)c2c(=O)n1-c1cncc(Cl)c1. The minimum Gasteiger partial charge on any atom is -0.322 e. The zero-order valence-corrected chi connectivity index (χ0v) is 13.1. The molecule has 0 spiro atoms. The van der Waals surface area contributed by atoms with E-state index in [-0.39, 0.29) is 5.56 Å². The second-order valence-corrected chi connectivity index (χ2v) is 5.74. The van der Waals surface area contributed by atoms with Crippen LogP contribution in [0.2, 0.25) is 10.0 Å². The van der Waals surface area contributed by atoms with E-state index in [1.807, 2.05) is 0 Å². The molecule has 3 aromatic rings. The van der Waals surface area contributed by atoms with Crippen LogP contribution in [0.15, 0.2) is 41.5 Å². The normalized spacial score (nSPS) is 12.5. The van der Waals surface area contributed by atoms with E-state index in [0.29, 0.717) is 32.5 Å². The summed E-state index contributed by atoms with van der Waals surface area (Å²) >= 11 is 12.1. The molecule has 0 amide bonds. The Hall–Kier alpha value is -1.95. The molecular formula is C15H12Cl2N4O. The molecular weight excluding hydrogens is 323 g/mol. The summed E-state index contributed by atoms with van der Waals surface area (Å²) in [6.07, 6.45) is 3.02. The molecule has 0 aliphatic carbocycles. The van der Waals surface area contributed by atoms with Gasteiger partial charge in [-0.2, -0.15) is 0 Å².